The molecule has 0 saturated carbocycles. The van der Waals surface area contributed by atoms with E-state index in [2.05, 4.69) is 34.3 Å². The Hall–Kier alpha value is -1.79. The number of guanidine groups is 1. The smallest absolute Gasteiger partial charge is 0.188 e. The summed E-state index contributed by atoms with van der Waals surface area (Å²) in [5.74, 6) is 1.90. The van der Waals surface area contributed by atoms with Crippen molar-refractivity contribution in [3.8, 4) is 5.75 Å². The van der Waals surface area contributed by atoms with Crippen LogP contribution in [-0.4, -0.2) is 63.9 Å². The van der Waals surface area contributed by atoms with E-state index in [0.717, 1.165) is 64.5 Å². The van der Waals surface area contributed by atoms with Crippen molar-refractivity contribution in [2.45, 2.75) is 25.7 Å². The highest BCUT2D eigenvalue weighted by molar-refractivity contribution is 5.77. The van der Waals surface area contributed by atoms with Crippen LogP contribution in [0, 0.1) is 0 Å². The molecule has 1 aromatic rings. The number of rotatable bonds is 9. The van der Waals surface area contributed by atoms with Crippen LogP contribution in [0.15, 0.2) is 29.3 Å². The van der Waals surface area contributed by atoms with Gasteiger partial charge in [-0.25, -0.2) is 0 Å². The minimum atomic E-state index is 0.465. The number of morpholine rings is 1. The zero-order chi connectivity index (χ0) is 17.9. The molecule has 0 spiro atoms. The highest BCUT2D eigenvalue weighted by Crippen LogP contribution is 2.21. The van der Waals surface area contributed by atoms with E-state index in [-0.39, 0.29) is 0 Å². The van der Waals surface area contributed by atoms with Crippen LogP contribution in [0.4, 0.5) is 0 Å². The Bertz CT molecular complexity index is 513. The van der Waals surface area contributed by atoms with Crippen LogP contribution < -0.4 is 15.8 Å². The standard InChI is InChI=1S/C19H32N4O2/c1-16(17-4-6-18(24-2)7-5-17)8-10-22-19(20)21-9-3-11-23-12-14-25-15-13-23/h4-7,16H,3,8-15H2,1-2H3,(H3,20,21,22). The van der Waals surface area contributed by atoms with Crippen LogP contribution in [0.5, 0.6) is 5.75 Å². The molecule has 2 rings (SSSR count). The van der Waals surface area contributed by atoms with Gasteiger partial charge >= 0.3 is 0 Å². The topological polar surface area (TPSA) is 72.1 Å². The average Bonchev–Trinajstić information content (AvgIpc) is 2.66. The van der Waals surface area contributed by atoms with Gasteiger partial charge in [0.25, 0.3) is 0 Å². The van der Waals surface area contributed by atoms with Crippen LogP contribution in [-0.2, 0) is 4.74 Å². The number of nitrogens with two attached hydrogens (primary N) is 1. The molecule has 3 N–H and O–H groups in total. The van der Waals surface area contributed by atoms with Crippen molar-refractivity contribution in [1.82, 2.24) is 10.2 Å². The van der Waals surface area contributed by atoms with Crippen molar-refractivity contribution in [2.24, 2.45) is 10.7 Å². The van der Waals surface area contributed by atoms with E-state index in [1.165, 1.54) is 5.56 Å². The van der Waals surface area contributed by atoms with E-state index in [1.54, 1.807) is 7.11 Å². The van der Waals surface area contributed by atoms with Gasteiger partial charge < -0.3 is 20.5 Å². The molecule has 1 aliphatic heterocycles. The van der Waals surface area contributed by atoms with Gasteiger partial charge in [-0.2, -0.15) is 0 Å². The Labute approximate surface area is 151 Å². The van der Waals surface area contributed by atoms with Gasteiger partial charge in [-0.3, -0.25) is 9.89 Å². The van der Waals surface area contributed by atoms with Gasteiger partial charge in [0.15, 0.2) is 5.96 Å². The normalized spacial score (nSPS) is 17.3. The second-order valence-corrected chi connectivity index (χ2v) is 6.46. The highest BCUT2D eigenvalue weighted by atomic mass is 16.5. The third kappa shape index (κ3) is 7.32. The van der Waals surface area contributed by atoms with E-state index >= 15 is 0 Å². The number of hydrogen-bond donors (Lipinski definition) is 2. The molecule has 6 heteroatoms. The summed E-state index contributed by atoms with van der Waals surface area (Å²) in [6, 6.07) is 8.24. The molecule has 140 valence electrons. The summed E-state index contributed by atoms with van der Waals surface area (Å²) in [7, 11) is 1.69. The third-order valence-corrected chi connectivity index (χ3v) is 4.59. The molecule has 1 fully saturated rings. The van der Waals surface area contributed by atoms with Gasteiger partial charge in [0, 0.05) is 32.7 Å². The number of methoxy groups -OCH3 is 1. The maximum Gasteiger partial charge on any atom is 0.188 e. The molecule has 1 aliphatic rings. The van der Waals surface area contributed by atoms with Gasteiger partial charge in [-0.15, -0.1) is 0 Å². The zero-order valence-corrected chi connectivity index (χ0v) is 15.5. The van der Waals surface area contributed by atoms with Gasteiger partial charge in [0.05, 0.1) is 20.3 Å². The first-order chi connectivity index (χ1) is 12.2. The summed E-state index contributed by atoms with van der Waals surface area (Å²) in [4.78, 5) is 6.83. The molecule has 0 aliphatic carbocycles. The Kier molecular flexibility index (Phi) is 8.55. The van der Waals surface area contributed by atoms with E-state index in [1.807, 2.05) is 12.1 Å². The van der Waals surface area contributed by atoms with Crippen molar-refractivity contribution in [1.29, 1.82) is 0 Å². The number of hydrogen-bond acceptors (Lipinski definition) is 4. The van der Waals surface area contributed by atoms with Crippen molar-refractivity contribution in [3.63, 3.8) is 0 Å². The molecular weight excluding hydrogens is 316 g/mol. The molecule has 1 aromatic carbocycles. The molecular formula is C19H32N4O2. The number of aliphatic imine (C=N–C) groups is 1. The second kappa shape index (κ2) is 10.9. The number of nitrogens with zero attached hydrogens (tertiary/aromatic N) is 2. The fourth-order valence-corrected chi connectivity index (χ4v) is 2.89. The first-order valence-corrected chi connectivity index (χ1v) is 9.17. The Balaban J connectivity index is 1.59. The lowest BCUT2D eigenvalue weighted by molar-refractivity contribution is 0.0377. The largest absolute Gasteiger partial charge is 0.497 e. The predicted molar refractivity (Wildman–Crippen MR) is 102 cm³/mol. The first kappa shape index (κ1) is 19.5. The Morgan fingerprint density at radius 3 is 2.72 bits per heavy atom. The summed E-state index contributed by atoms with van der Waals surface area (Å²) >= 11 is 0. The molecule has 0 aromatic heterocycles. The Morgan fingerprint density at radius 2 is 2.04 bits per heavy atom. The third-order valence-electron chi connectivity index (χ3n) is 4.59. The van der Waals surface area contributed by atoms with E-state index in [0.29, 0.717) is 11.9 Å². The second-order valence-electron chi connectivity index (χ2n) is 6.46. The van der Waals surface area contributed by atoms with E-state index < -0.39 is 0 Å². The van der Waals surface area contributed by atoms with Crippen LogP contribution >= 0.6 is 0 Å². The lowest BCUT2D eigenvalue weighted by Gasteiger charge is -2.26. The van der Waals surface area contributed by atoms with E-state index in [9.17, 15) is 0 Å². The van der Waals surface area contributed by atoms with Crippen molar-refractivity contribution in [2.75, 3.05) is 53.0 Å². The van der Waals surface area contributed by atoms with Crippen LogP contribution in [0.3, 0.4) is 0 Å². The lowest BCUT2D eigenvalue weighted by Crippen LogP contribution is -2.37. The maximum atomic E-state index is 5.94. The monoisotopic (exact) mass is 348 g/mol. The van der Waals surface area contributed by atoms with Crippen molar-refractivity contribution >= 4 is 5.96 Å². The molecule has 0 radical (unpaired) electrons. The Morgan fingerprint density at radius 1 is 1.32 bits per heavy atom. The number of benzene rings is 1. The summed E-state index contributed by atoms with van der Waals surface area (Å²) in [6.45, 7) is 8.63. The molecule has 25 heavy (non-hydrogen) atoms. The summed E-state index contributed by atoms with van der Waals surface area (Å²) in [5, 5.41) is 3.21. The average molecular weight is 348 g/mol. The lowest BCUT2D eigenvalue weighted by atomic mass is 9.98. The first-order valence-electron chi connectivity index (χ1n) is 9.17. The predicted octanol–water partition coefficient (Wildman–Crippen LogP) is 1.82. The SMILES string of the molecule is COc1ccc(C(C)CCNC(N)=NCCCN2CCOCC2)cc1. The van der Waals surface area contributed by atoms with Gasteiger partial charge in [-0.1, -0.05) is 19.1 Å². The molecule has 6 nitrogen and oxygen atoms in total. The summed E-state index contributed by atoms with van der Waals surface area (Å²) in [5.41, 5.74) is 7.25. The van der Waals surface area contributed by atoms with Crippen LogP contribution in [0.25, 0.3) is 0 Å². The zero-order valence-electron chi connectivity index (χ0n) is 15.5. The van der Waals surface area contributed by atoms with Crippen LogP contribution in [0.1, 0.15) is 31.2 Å². The van der Waals surface area contributed by atoms with E-state index in [4.69, 9.17) is 15.2 Å². The minimum Gasteiger partial charge on any atom is -0.497 e. The summed E-state index contributed by atoms with van der Waals surface area (Å²) < 4.78 is 10.5. The number of nitrogens with one attached hydrogen (secondary N) is 1. The van der Waals surface area contributed by atoms with Gasteiger partial charge in [0.2, 0.25) is 0 Å². The molecule has 1 heterocycles. The fourth-order valence-electron chi connectivity index (χ4n) is 2.89. The molecule has 1 unspecified atom stereocenters. The molecule has 0 amide bonds. The quantitative estimate of drug-likeness (QED) is 0.405. The van der Waals surface area contributed by atoms with Gasteiger partial charge in [0.1, 0.15) is 5.75 Å². The number of ether oxygens (including phenoxy) is 2. The molecule has 1 atom stereocenters. The fraction of sp³-hybridized carbons (Fsp3) is 0.632. The minimum absolute atomic E-state index is 0.465. The molecule has 1 saturated heterocycles. The maximum absolute atomic E-state index is 5.94. The van der Waals surface area contributed by atoms with Gasteiger partial charge in [-0.05, 0) is 36.5 Å². The highest BCUT2D eigenvalue weighted by Gasteiger charge is 2.09. The van der Waals surface area contributed by atoms with Crippen molar-refractivity contribution < 1.29 is 9.47 Å². The van der Waals surface area contributed by atoms with Crippen molar-refractivity contribution in [3.05, 3.63) is 29.8 Å². The summed E-state index contributed by atoms with van der Waals surface area (Å²) in [6.07, 6.45) is 2.04. The van der Waals surface area contributed by atoms with Crippen LogP contribution in [0.2, 0.25) is 0 Å². The molecule has 0 bridgehead atoms.